The second-order valence-electron chi connectivity index (χ2n) is 3.59. The Labute approximate surface area is 85.3 Å². The summed E-state index contributed by atoms with van der Waals surface area (Å²) >= 11 is 0. The molecule has 0 unspecified atom stereocenters. The van der Waals surface area contributed by atoms with Crippen LogP contribution in [0, 0.1) is 0 Å². The Kier molecular flexibility index (Phi) is 3.92. The predicted molar refractivity (Wildman–Crippen MR) is 54.3 cm³/mol. The number of sulfonamides is 1. The molecule has 4 nitrogen and oxygen atoms in total. The van der Waals surface area contributed by atoms with E-state index >= 15 is 0 Å². The normalized spacial score (nSPS) is 17.8. The first-order chi connectivity index (χ1) is 6.58. The first kappa shape index (κ1) is 11.5. The van der Waals surface area contributed by atoms with Crippen molar-refractivity contribution in [1.82, 2.24) is 4.31 Å². The summed E-state index contributed by atoms with van der Waals surface area (Å²) < 4.78 is 24.3. The van der Waals surface area contributed by atoms with Gasteiger partial charge in [0, 0.05) is 13.0 Å². The van der Waals surface area contributed by atoms with Crippen LogP contribution in [-0.2, 0) is 14.8 Å². The highest BCUT2D eigenvalue weighted by atomic mass is 32.2. The van der Waals surface area contributed by atoms with Crippen LogP contribution in [0.25, 0.3) is 0 Å². The molecule has 0 aromatic rings. The minimum atomic E-state index is -3.30. The van der Waals surface area contributed by atoms with Crippen LogP contribution in [0.4, 0.5) is 0 Å². The van der Waals surface area contributed by atoms with Crippen LogP contribution < -0.4 is 0 Å². The highest BCUT2D eigenvalue weighted by Gasteiger charge is 2.30. The third kappa shape index (κ3) is 2.70. The largest absolute Gasteiger partial charge is 0.274 e. The van der Waals surface area contributed by atoms with Crippen molar-refractivity contribution in [2.75, 3.05) is 12.3 Å². The van der Waals surface area contributed by atoms with E-state index in [1.54, 1.807) is 0 Å². The van der Waals surface area contributed by atoms with Gasteiger partial charge in [-0.1, -0.05) is 19.8 Å². The maximum atomic E-state index is 11.6. The molecule has 1 amide bonds. The SMILES string of the molecule is CCCCCS(=O)(=O)N1CCCC1=O. The van der Waals surface area contributed by atoms with E-state index in [0.717, 1.165) is 17.1 Å². The summed E-state index contributed by atoms with van der Waals surface area (Å²) in [6.45, 7) is 2.40. The Morgan fingerprint density at radius 2 is 2.07 bits per heavy atom. The van der Waals surface area contributed by atoms with Gasteiger partial charge in [0.15, 0.2) is 0 Å². The highest BCUT2D eigenvalue weighted by molar-refractivity contribution is 7.89. The van der Waals surface area contributed by atoms with E-state index in [9.17, 15) is 13.2 Å². The van der Waals surface area contributed by atoms with Crippen molar-refractivity contribution in [3.05, 3.63) is 0 Å². The fraction of sp³-hybridized carbons (Fsp3) is 0.889. The van der Waals surface area contributed by atoms with Gasteiger partial charge >= 0.3 is 0 Å². The van der Waals surface area contributed by atoms with Crippen LogP contribution in [0.5, 0.6) is 0 Å². The molecule has 0 aromatic carbocycles. The van der Waals surface area contributed by atoms with E-state index in [1.165, 1.54) is 0 Å². The number of rotatable bonds is 5. The number of nitrogens with zero attached hydrogens (tertiary/aromatic N) is 1. The molecule has 0 aromatic heterocycles. The lowest BCUT2D eigenvalue weighted by Gasteiger charge is -2.15. The van der Waals surface area contributed by atoms with Gasteiger partial charge in [0.1, 0.15) is 0 Å². The molecule has 14 heavy (non-hydrogen) atoms. The van der Waals surface area contributed by atoms with Gasteiger partial charge in [-0.2, -0.15) is 0 Å². The van der Waals surface area contributed by atoms with Crippen molar-refractivity contribution in [1.29, 1.82) is 0 Å². The number of carbonyl (C=O) groups is 1. The summed E-state index contributed by atoms with van der Waals surface area (Å²) in [5.41, 5.74) is 0. The van der Waals surface area contributed by atoms with Crippen LogP contribution >= 0.6 is 0 Å². The molecule has 1 saturated heterocycles. The molecule has 0 radical (unpaired) electrons. The van der Waals surface area contributed by atoms with Gasteiger partial charge in [0.05, 0.1) is 5.75 Å². The predicted octanol–water partition coefficient (Wildman–Crippen LogP) is 1.13. The topological polar surface area (TPSA) is 54.5 Å². The molecule has 0 atom stereocenters. The van der Waals surface area contributed by atoms with Crippen LogP contribution in [0.3, 0.4) is 0 Å². The molecule has 0 saturated carbocycles. The van der Waals surface area contributed by atoms with Crippen molar-refractivity contribution in [3.63, 3.8) is 0 Å². The van der Waals surface area contributed by atoms with Crippen molar-refractivity contribution in [2.24, 2.45) is 0 Å². The molecular formula is C9H17NO3S. The van der Waals surface area contributed by atoms with E-state index in [-0.39, 0.29) is 11.7 Å². The number of amides is 1. The summed E-state index contributed by atoms with van der Waals surface area (Å²) in [6.07, 6.45) is 3.60. The Morgan fingerprint density at radius 3 is 2.57 bits per heavy atom. The van der Waals surface area contributed by atoms with Gasteiger partial charge in [-0.05, 0) is 12.8 Å². The molecule has 0 spiro atoms. The zero-order valence-corrected chi connectivity index (χ0v) is 9.35. The van der Waals surface area contributed by atoms with Gasteiger partial charge < -0.3 is 0 Å². The van der Waals surface area contributed by atoms with Crippen LogP contribution in [0.2, 0.25) is 0 Å². The lowest BCUT2D eigenvalue weighted by molar-refractivity contribution is -0.123. The summed E-state index contributed by atoms with van der Waals surface area (Å²) in [7, 11) is -3.30. The smallest absolute Gasteiger partial charge is 0.237 e. The Hall–Kier alpha value is -0.580. The van der Waals surface area contributed by atoms with Crippen LogP contribution in [0.1, 0.15) is 39.0 Å². The zero-order valence-electron chi connectivity index (χ0n) is 8.53. The van der Waals surface area contributed by atoms with E-state index in [2.05, 4.69) is 0 Å². The monoisotopic (exact) mass is 219 g/mol. The standard InChI is InChI=1S/C9H17NO3S/c1-2-3-4-8-14(12,13)10-7-5-6-9(10)11/h2-8H2,1H3. The molecule has 1 rings (SSSR count). The summed E-state index contributed by atoms with van der Waals surface area (Å²) in [6, 6.07) is 0. The number of hydrogen-bond acceptors (Lipinski definition) is 3. The fourth-order valence-corrected chi connectivity index (χ4v) is 3.16. The van der Waals surface area contributed by atoms with Crippen LogP contribution in [0.15, 0.2) is 0 Å². The summed E-state index contributed by atoms with van der Waals surface area (Å²) in [5.74, 6) is -0.117. The average Bonchev–Trinajstić information content (AvgIpc) is 2.52. The van der Waals surface area contributed by atoms with E-state index in [1.807, 2.05) is 6.92 Å². The molecule has 1 aliphatic heterocycles. The molecule has 1 fully saturated rings. The van der Waals surface area contributed by atoms with Crippen molar-refractivity contribution in [3.8, 4) is 0 Å². The van der Waals surface area contributed by atoms with E-state index < -0.39 is 10.0 Å². The van der Waals surface area contributed by atoms with Crippen molar-refractivity contribution >= 4 is 15.9 Å². The quantitative estimate of drug-likeness (QED) is 0.651. The summed E-state index contributed by atoms with van der Waals surface area (Å²) in [4.78, 5) is 11.2. The van der Waals surface area contributed by atoms with Crippen molar-refractivity contribution in [2.45, 2.75) is 39.0 Å². The maximum absolute atomic E-state index is 11.6. The van der Waals surface area contributed by atoms with Gasteiger partial charge in [-0.15, -0.1) is 0 Å². The number of hydrogen-bond donors (Lipinski definition) is 0. The molecule has 5 heteroatoms. The molecular weight excluding hydrogens is 202 g/mol. The van der Waals surface area contributed by atoms with Gasteiger partial charge in [0.2, 0.25) is 15.9 Å². The third-order valence-electron chi connectivity index (χ3n) is 2.37. The maximum Gasteiger partial charge on any atom is 0.237 e. The van der Waals surface area contributed by atoms with Crippen molar-refractivity contribution < 1.29 is 13.2 Å². The van der Waals surface area contributed by atoms with Gasteiger partial charge in [0.25, 0.3) is 0 Å². The molecule has 1 heterocycles. The third-order valence-corrected chi connectivity index (χ3v) is 4.23. The Balaban J connectivity index is 2.52. The molecule has 0 N–H and O–H groups in total. The number of unbranched alkanes of at least 4 members (excludes halogenated alkanes) is 2. The molecule has 82 valence electrons. The van der Waals surface area contributed by atoms with Gasteiger partial charge in [-0.25, -0.2) is 12.7 Å². The Bertz CT molecular complexity index is 297. The number of carbonyl (C=O) groups excluding carboxylic acids is 1. The Morgan fingerprint density at radius 1 is 1.36 bits per heavy atom. The molecule has 1 aliphatic rings. The lowest BCUT2D eigenvalue weighted by Crippen LogP contribution is -2.33. The fourth-order valence-electron chi connectivity index (χ4n) is 1.56. The minimum Gasteiger partial charge on any atom is -0.274 e. The first-order valence-corrected chi connectivity index (χ1v) is 6.72. The first-order valence-electron chi connectivity index (χ1n) is 5.11. The molecule has 0 bridgehead atoms. The zero-order chi connectivity index (χ0) is 10.6. The van der Waals surface area contributed by atoms with Gasteiger partial charge in [-0.3, -0.25) is 4.79 Å². The lowest BCUT2D eigenvalue weighted by atomic mass is 10.3. The van der Waals surface area contributed by atoms with Crippen LogP contribution in [-0.4, -0.2) is 30.9 Å². The highest BCUT2D eigenvalue weighted by Crippen LogP contribution is 2.16. The van der Waals surface area contributed by atoms with E-state index in [4.69, 9.17) is 0 Å². The minimum absolute atomic E-state index is 0.118. The van der Waals surface area contributed by atoms with E-state index in [0.29, 0.717) is 25.8 Å². The summed E-state index contributed by atoms with van der Waals surface area (Å²) in [5, 5.41) is 0. The second kappa shape index (κ2) is 4.77. The molecule has 0 aliphatic carbocycles. The average molecular weight is 219 g/mol. The second-order valence-corrected chi connectivity index (χ2v) is 5.61.